The van der Waals surface area contributed by atoms with Gasteiger partial charge in [-0.05, 0) is 49.4 Å². The molecule has 0 aliphatic heterocycles. The minimum absolute atomic E-state index is 0.0828. The normalized spacial score (nSPS) is 11.9. The van der Waals surface area contributed by atoms with Crippen molar-refractivity contribution in [2.45, 2.75) is 4.21 Å². The molecule has 0 spiro atoms. The van der Waals surface area contributed by atoms with Crippen molar-refractivity contribution in [1.29, 1.82) is 0 Å². The molecule has 1 aromatic heterocycles. The topological polar surface area (TPSA) is 99.0 Å². The van der Waals surface area contributed by atoms with E-state index in [0.29, 0.717) is 4.47 Å². The molecule has 0 amide bonds. The molecule has 10 heteroatoms. The number of hydrogen-bond donors (Lipinski definition) is 3. The number of rotatable bonds is 4. The number of hydrogen-bond acceptors (Lipinski definition) is 6. The van der Waals surface area contributed by atoms with Gasteiger partial charge in [0.2, 0.25) is 0 Å². The lowest BCUT2D eigenvalue weighted by Crippen LogP contribution is -2.17. The molecule has 0 fully saturated rings. The number of nitrogens with zero attached hydrogens (tertiary/aromatic N) is 1. The minimum atomic E-state index is -3.71. The molecule has 0 aliphatic rings. The molecule has 6 nitrogen and oxygen atoms in total. The van der Waals surface area contributed by atoms with Crippen LogP contribution in [0.25, 0.3) is 0 Å². The first-order chi connectivity index (χ1) is 9.83. The molecule has 0 saturated carbocycles. The fourth-order valence-corrected chi connectivity index (χ4v) is 4.27. The number of hydrazone groups is 1. The zero-order valence-electron chi connectivity index (χ0n) is 10.1. The molecule has 0 bridgehead atoms. The van der Waals surface area contributed by atoms with E-state index in [1.54, 1.807) is 11.4 Å². The van der Waals surface area contributed by atoms with Crippen molar-refractivity contribution in [1.82, 2.24) is 4.83 Å². The molecular weight excluding hydrogens is 448 g/mol. The molecule has 0 aliphatic carbocycles. The summed E-state index contributed by atoms with van der Waals surface area (Å²) in [5.74, 6) is -0.418. The highest BCUT2D eigenvalue weighted by atomic mass is 79.9. The smallest absolute Gasteiger partial charge is 0.286 e. The summed E-state index contributed by atoms with van der Waals surface area (Å²) in [6, 6.07) is 4.47. The van der Waals surface area contributed by atoms with Crippen molar-refractivity contribution < 1.29 is 18.6 Å². The second kappa shape index (κ2) is 6.34. The maximum absolute atomic E-state index is 11.8. The number of thiophene rings is 1. The van der Waals surface area contributed by atoms with Crippen molar-refractivity contribution in [3.05, 3.63) is 38.1 Å². The van der Waals surface area contributed by atoms with Crippen LogP contribution in [0.15, 0.2) is 41.8 Å². The molecule has 0 saturated heterocycles. The third-order valence-corrected chi connectivity index (χ3v) is 6.31. The van der Waals surface area contributed by atoms with Crippen LogP contribution in [-0.2, 0) is 10.0 Å². The zero-order valence-corrected chi connectivity index (χ0v) is 14.9. The summed E-state index contributed by atoms with van der Waals surface area (Å²) in [5, 5.41) is 24.6. The van der Waals surface area contributed by atoms with Crippen LogP contribution in [0, 0.1) is 0 Å². The highest BCUT2D eigenvalue weighted by molar-refractivity contribution is 9.11. The Morgan fingerprint density at radius 2 is 2.00 bits per heavy atom. The lowest BCUT2D eigenvalue weighted by molar-refractivity contribution is 0.441. The molecule has 1 heterocycles. The summed E-state index contributed by atoms with van der Waals surface area (Å²) in [6.07, 6.45) is 1.13. The van der Waals surface area contributed by atoms with Gasteiger partial charge in [0.05, 0.1) is 10.7 Å². The second-order valence-corrected chi connectivity index (χ2v) is 8.23. The highest BCUT2D eigenvalue weighted by Crippen LogP contribution is 2.40. The van der Waals surface area contributed by atoms with E-state index in [1.165, 1.54) is 12.1 Å². The molecule has 21 heavy (non-hydrogen) atoms. The highest BCUT2D eigenvalue weighted by Gasteiger charge is 2.15. The van der Waals surface area contributed by atoms with Gasteiger partial charge in [-0.3, -0.25) is 0 Å². The van der Waals surface area contributed by atoms with Crippen molar-refractivity contribution >= 4 is 59.4 Å². The van der Waals surface area contributed by atoms with Crippen LogP contribution < -0.4 is 4.83 Å². The molecule has 1 aromatic carbocycles. The molecule has 2 rings (SSSR count). The first kappa shape index (κ1) is 16.3. The SMILES string of the molecule is O=S(=O)(N/N=C/c1cc(Br)c(O)c(Br)c1O)c1cccs1. The third kappa shape index (κ3) is 3.57. The van der Waals surface area contributed by atoms with Crippen molar-refractivity contribution in [2.75, 3.05) is 0 Å². The maximum Gasteiger partial charge on any atom is 0.286 e. The van der Waals surface area contributed by atoms with Crippen LogP contribution in [0.3, 0.4) is 0 Å². The van der Waals surface area contributed by atoms with Gasteiger partial charge >= 0.3 is 0 Å². The Morgan fingerprint density at radius 1 is 1.29 bits per heavy atom. The monoisotopic (exact) mass is 454 g/mol. The van der Waals surface area contributed by atoms with Gasteiger partial charge in [-0.2, -0.15) is 18.4 Å². The molecule has 0 atom stereocenters. The number of phenols is 2. The average molecular weight is 456 g/mol. The Bertz CT molecular complexity index is 789. The van der Waals surface area contributed by atoms with E-state index in [0.717, 1.165) is 17.6 Å². The Morgan fingerprint density at radius 3 is 2.62 bits per heavy atom. The molecule has 3 N–H and O–H groups in total. The first-order valence-electron chi connectivity index (χ1n) is 5.31. The van der Waals surface area contributed by atoms with Gasteiger partial charge in [-0.1, -0.05) is 6.07 Å². The van der Waals surface area contributed by atoms with Crippen LogP contribution in [0.5, 0.6) is 11.5 Å². The Hall–Kier alpha value is -1.10. The molecule has 0 radical (unpaired) electrons. The second-order valence-electron chi connectivity index (χ2n) is 3.74. The number of aromatic hydroxyl groups is 2. The van der Waals surface area contributed by atoms with E-state index in [4.69, 9.17) is 0 Å². The summed E-state index contributed by atoms with van der Waals surface area (Å²) < 4.78 is 24.2. The Kier molecular flexibility index (Phi) is 4.91. The van der Waals surface area contributed by atoms with Crippen LogP contribution in [0.4, 0.5) is 0 Å². The van der Waals surface area contributed by atoms with Crippen LogP contribution in [0.2, 0.25) is 0 Å². The van der Waals surface area contributed by atoms with Gasteiger partial charge in [0.15, 0.2) is 0 Å². The number of halogens is 2. The molecular formula is C11H8Br2N2O4S2. The minimum Gasteiger partial charge on any atom is -0.506 e. The van der Waals surface area contributed by atoms with Crippen molar-refractivity contribution in [3.63, 3.8) is 0 Å². The Balaban J connectivity index is 2.24. The van der Waals surface area contributed by atoms with Gasteiger partial charge < -0.3 is 10.2 Å². The van der Waals surface area contributed by atoms with Crippen LogP contribution in [-0.4, -0.2) is 24.8 Å². The quantitative estimate of drug-likeness (QED) is 0.487. The summed E-state index contributed by atoms with van der Waals surface area (Å²) in [5.41, 5.74) is 0.223. The van der Waals surface area contributed by atoms with E-state index >= 15 is 0 Å². The lowest BCUT2D eigenvalue weighted by atomic mass is 10.2. The number of nitrogens with one attached hydrogen (secondary N) is 1. The van der Waals surface area contributed by atoms with E-state index in [-0.39, 0.29) is 25.7 Å². The summed E-state index contributed by atoms with van der Waals surface area (Å²) in [7, 11) is -3.71. The number of benzene rings is 1. The van der Waals surface area contributed by atoms with Crippen molar-refractivity contribution in [2.24, 2.45) is 5.10 Å². The third-order valence-electron chi connectivity index (χ3n) is 2.33. The molecule has 2 aromatic rings. The van der Waals surface area contributed by atoms with Gasteiger partial charge in [0, 0.05) is 5.56 Å². The number of sulfonamides is 1. The number of phenolic OH excluding ortho intramolecular Hbond substituents is 2. The first-order valence-corrected chi connectivity index (χ1v) is 9.26. The molecule has 112 valence electrons. The van der Waals surface area contributed by atoms with Crippen LogP contribution in [0.1, 0.15) is 5.56 Å². The maximum atomic E-state index is 11.8. The molecule has 0 unspecified atom stereocenters. The van der Waals surface area contributed by atoms with Crippen molar-refractivity contribution in [3.8, 4) is 11.5 Å². The van der Waals surface area contributed by atoms with Gasteiger partial charge in [-0.25, -0.2) is 0 Å². The van der Waals surface area contributed by atoms with Gasteiger partial charge in [0.1, 0.15) is 20.2 Å². The lowest BCUT2D eigenvalue weighted by Gasteiger charge is -2.06. The standard InChI is InChI=1S/C11H8Br2N2O4S2/c12-7-4-6(10(16)9(13)11(7)17)5-14-15-21(18,19)8-2-1-3-20-8/h1-5,15-17H/b14-5+. The predicted molar refractivity (Wildman–Crippen MR) is 87.4 cm³/mol. The average Bonchev–Trinajstić information content (AvgIpc) is 2.97. The largest absolute Gasteiger partial charge is 0.506 e. The van der Waals surface area contributed by atoms with E-state index in [2.05, 4.69) is 37.0 Å². The van der Waals surface area contributed by atoms with Gasteiger partial charge in [0.25, 0.3) is 10.0 Å². The summed E-state index contributed by atoms with van der Waals surface area (Å²) in [6.45, 7) is 0. The van der Waals surface area contributed by atoms with E-state index in [9.17, 15) is 18.6 Å². The zero-order chi connectivity index (χ0) is 15.6. The summed E-state index contributed by atoms with van der Waals surface area (Å²) >= 11 is 7.18. The predicted octanol–water partition coefficient (Wildman–Crippen LogP) is 3.00. The fraction of sp³-hybridized carbons (Fsp3) is 0. The van der Waals surface area contributed by atoms with Crippen LogP contribution >= 0.6 is 43.2 Å². The Labute approximate surface area is 141 Å². The summed E-state index contributed by atoms with van der Waals surface area (Å²) in [4.78, 5) is 2.04. The van der Waals surface area contributed by atoms with E-state index < -0.39 is 10.0 Å². The van der Waals surface area contributed by atoms with Gasteiger partial charge in [-0.15, -0.1) is 11.3 Å². The van der Waals surface area contributed by atoms with E-state index in [1.807, 2.05) is 4.83 Å². The fourth-order valence-electron chi connectivity index (χ4n) is 1.34.